The molecule has 1 aromatic rings. The Morgan fingerprint density at radius 3 is 2.73 bits per heavy atom. The first-order valence-electron chi connectivity index (χ1n) is 5.42. The van der Waals surface area contributed by atoms with E-state index in [-0.39, 0.29) is 6.61 Å². The van der Waals surface area contributed by atoms with Crippen LogP contribution in [0.2, 0.25) is 5.02 Å². The summed E-state index contributed by atoms with van der Waals surface area (Å²) in [6.07, 6.45) is 2.48. The molecule has 1 aliphatic carbocycles. The average Bonchev–Trinajstić information content (AvgIpc) is 3.05. The molecule has 0 unspecified atom stereocenters. The van der Waals surface area contributed by atoms with Gasteiger partial charge in [-0.25, -0.2) is 0 Å². The summed E-state index contributed by atoms with van der Waals surface area (Å²) < 4.78 is 0. The van der Waals surface area contributed by atoms with Crippen molar-refractivity contribution in [1.82, 2.24) is 0 Å². The second kappa shape index (κ2) is 4.42. The van der Waals surface area contributed by atoms with Crippen LogP contribution in [0.1, 0.15) is 25.3 Å². The highest BCUT2D eigenvalue weighted by molar-refractivity contribution is 6.33. The third-order valence-corrected chi connectivity index (χ3v) is 3.16. The van der Waals surface area contributed by atoms with E-state index in [1.165, 1.54) is 12.8 Å². The van der Waals surface area contributed by atoms with E-state index in [0.29, 0.717) is 6.04 Å². The maximum absolute atomic E-state index is 9.30. The summed E-state index contributed by atoms with van der Waals surface area (Å²) in [6, 6.07) is 6.34. The number of nitrogens with zero attached hydrogens (tertiary/aromatic N) is 1. The van der Waals surface area contributed by atoms with Crippen molar-refractivity contribution in [1.29, 1.82) is 0 Å². The van der Waals surface area contributed by atoms with Crippen molar-refractivity contribution in [3.63, 3.8) is 0 Å². The van der Waals surface area contributed by atoms with Crippen LogP contribution in [0.25, 0.3) is 0 Å². The Bertz CT molecular complexity index is 349. The normalized spacial score (nSPS) is 15.4. The summed E-state index contributed by atoms with van der Waals surface area (Å²) in [5.41, 5.74) is 1.95. The van der Waals surface area contributed by atoms with Gasteiger partial charge >= 0.3 is 0 Å². The fourth-order valence-electron chi connectivity index (χ4n) is 1.99. The van der Waals surface area contributed by atoms with Crippen molar-refractivity contribution < 1.29 is 5.11 Å². The smallest absolute Gasteiger partial charge is 0.0702 e. The molecule has 0 radical (unpaired) electrons. The van der Waals surface area contributed by atoms with Gasteiger partial charge in [0.15, 0.2) is 0 Å². The molecular weight excluding hydrogens is 210 g/mol. The van der Waals surface area contributed by atoms with Gasteiger partial charge in [-0.1, -0.05) is 23.7 Å². The molecule has 0 bridgehead atoms. The summed E-state index contributed by atoms with van der Waals surface area (Å²) >= 11 is 6.20. The molecule has 0 heterocycles. The molecule has 1 N–H and O–H groups in total. The molecule has 1 aromatic carbocycles. The van der Waals surface area contributed by atoms with Gasteiger partial charge in [0.2, 0.25) is 0 Å². The van der Waals surface area contributed by atoms with Crippen molar-refractivity contribution in [2.24, 2.45) is 0 Å². The number of hydrogen-bond acceptors (Lipinski definition) is 2. The maximum atomic E-state index is 9.30. The summed E-state index contributed by atoms with van der Waals surface area (Å²) in [4.78, 5) is 2.30. The summed E-state index contributed by atoms with van der Waals surface area (Å²) in [5, 5.41) is 10.0. The zero-order valence-corrected chi connectivity index (χ0v) is 9.67. The van der Waals surface area contributed by atoms with Crippen molar-refractivity contribution in [2.75, 3.05) is 11.4 Å². The molecule has 0 amide bonds. The number of benzene rings is 1. The first kappa shape index (κ1) is 10.8. The number of hydrogen-bond donors (Lipinski definition) is 1. The van der Waals surface area contributed by atoms with E-state index >= 15 is 0 Å². The van der Waals surface area contributed by atoms with Gasteiger partial charge in [0.05, 0.1) is 17.3 Å². The minimum absolute atomic E-state index is 0.0547. The van der Waals surface area contributed by atoms with Gasteiger partial charge < -0.3 is 10.0 Å². The minimum Gasteiger partial charge on any atom is -0.392 e. The van der Waals surface area contributed by atoms with Crippen LogP contribution >= 0.6 is 11.6 Å². The lowest BCUT2D eigenvalue weighted by Crippen LogP contribution is -2.26. The first-order chi connectivity index (χ1) is 7.27. The Labute approximate surface area is 95.5 Å². The van der Waals surface area contributed by atoms with Gasteiger partial charge in [-0.3, -0.25) is 0 Å². The predicted octanol–water partition coefficient (Wildman–Crippen LogP) is 2.82. The second-order valence-electron chi connectivity index (χ2n) is 3.92. The van der Waals surface area contributed by atoms with Crippen LogP contribution in [0.15, 0.2) is 18.2 Å². The van der Waals surface area contributed by atoms with Crippen molar-refractivity contribution in [2.45, 2.75) is 32.4 Å². The van der Waals surface area contributed by atoms with Crippen LogP contribution in [0.5, 0.6) is 0 Å². The van der Waals surface area contributed by atoms with E-state index in [9.17, 15) is 5.11 Å². The lowest BCUT2D eigenvalue weighted by molar-refractivity contribution is 0.282. The first-order valence-corrected chi connectivity index (χ1v) is 5.80. The molecule has 2 nitrogen and oxygen atoms in total. The van der Waals surface area contributed by atoms with E-state index in [1.807, 2.05) is 18.2 Å². The van der Waals surface area contributed by atoms with E-state index in [2.05, 4.69) is 11.8 Å². The third kappa shape index (κ3) is 2.11. The summed E-state index contributed by atoms with van der Waals surface area (Å²) in [7, 11) is 0. The summed E-state index contributed by atoms with van der Waals surface area (Å²) in [5.74, 6) is 0. The molecule has 1 saturated carbocycles. The highest BCUT2D eigenvalue weighted by Gasteiger charge is 2.30. The monoisotopic (exact) mass is 225 g/mol. The molecule has 0 saturated heterocycles. The van der Waals surface area contributed by atoms with Crippen molar-refractivity contribution in [3.8, 4) is 0 Å². The Morgan fingerprint density at radius 1 is 1.47 bits per heavy atom. The molecule has 3 heteroatoms. The molecule has 1 fully saturated rings. The molecule has 15 heavy (non-hydrogen) atoms. The van der Waals surface area contributed by atoms with Gasteiger partial charge in [0.1, 0.15) is 0 Å². The number of para-hydroxylation sites is 1. The summed E-state index contributed by atoms with van der Waals surface area (Å²) in [6.45, 7) is 3.13. The topological polar surface area (TPSA) is 23.5 Å². The number of anilines is 1. The fraction of sp³-hybridized carbons (Fsp3) is 0.500. The maximum Gasteiger partial charge on any atom is 0.0702 e. The Balaban J connectivity index is 2.38. The molecule has 1 aliphatic rings. The quantitative estimate of drug-likeness (QED) is 0.852. The number of halogens is 1. The lowest BCUT2D eigenvalue weighted by Gasteiger charge is -2.26. The van der Waals surface area contributed by atoms with Crippen LogP contribution in [0, 0.1) is 0 Å². The van der Waals surface area contributed by atoms with Gasteiger partial charge in [0.25, 0.3) is 0 Å². The molecule has 0 atom stereocenters. The predicted molar refractivity (Wildman–Crippen MR) is 63.4 cm³/mol. The lowest BCUT2D eigenvalue weighted by atomic mass is 10.1. The number of aliphatic hydroxyl groups excluding tert-OH is 1. The molecule has 0 spiro atoms. The number of rotatable bonds is 4. The van der Waals surface area contributed by atoms with E-state index in [0.717, 1.165) is 22.8 Å². The van der Waals surface area contributed by atoms with E-state index in [1.54, 1.807) is 0 Å². The third-order valence-electron chi connectivity index (χ3n) is 2.86. The van der Waals surface area contributed by atoms with Crippen molar-refractivity contribution in [3.05, 3.63) is 28.8 Å². The Kier molecular flexibility index (Phi) is 3.17. The average molecular weight is 226 g/mol. The SMILES string of the molecule is CCN(c1c(Cl)cccc1CO)C1CC1. The molecule has 2 rings (SSSR count). The van der Waals surface area contributed by atoms with Crippen LogP contribution in [0.3, 0.4) is 0 Å². The zero-order valence-electron chi connectivity index (χ0n) is 8.91. The highest BCUT2D eigenvalue weighted by Crippen LogP contribution is 2.37. The van der Waals surface area contributed by atoms with Gasteiger partial charge in [-0.05, 0) is 25.8 Å². The molecule has 0 aromatic heterocycles. The standard InChI is InChI=1S/C12H16ClNO/c1-2-14(10-6-7-10)12-9(8-15)4-3-5-11(12)13/h3-5,10,15H,2,6-8H2,1H3. The van der Waals surface area contributed by atoms with Crippen molar-refractivity contribution >= 4 is 17.3 Å². The Morgan fingerprint density at radius 2 is 2.20 bits per heavy atom. The largest absolute Gasteiger partial charge is 0.392 e. The molecule has 82 valence electrons. The molecular formula is C12H16ClNO. The van der Waals surface area contributed by atoms with Gasteiger partial charge in [-0.15, -0.1) is 0 Å². The number of aliphatic hydroxyl groups is 1. The zero-order chi connectivity index (χ0) is 10.8. The van der Waals surface area contributed by atoms with Crippen LogP contribution in [-0.4, -0.2) is 17.7 Å². The van der Waals surface area contributed by atoms with Crippen LogP contribution < -0.4 is 4.90 Å². The highest BCUT2D eigenvalue weighted by atomic mass is 35.5. The molecule has 0 aliphatic heterocycles. The van der Waals surface area contributed by atoms with Gasteiger partial charge in [-0.2, -0.15) is 0 Å². The van der Waals surface area contributed by atoms with Crippen LogP contribution in [-0.2, 0) is 6.61 Å². The van der Waals surface area contributed by atoms with E-state index < -0.39 is 0 Å². The minimum atomic E-state index is 0.0547. The van der Waals surface area contributed by atoms with Gasteiger partial charge in [0, 0.05) is 18.2 Å². The van der Waals surface area contributed by atoms with Crippen LogP contribution in [0.4, 0.5) is 5.69 Å². The Hall–Kier alpha value is -0.730. The van der Waals surface area contributed by atoms with E-state index in [4.69, 9.17) is 11.6 Å². The second-order valence-corrected chi connectivity index (χ2v) is 4.33. The fourth-order valence-corrected chi connectivity index (χ4v) is 2.30.